The van der Waals surface area contributed by atoms with Crippen LogP contribution in [-0.2, 0) is 4.79 Å². The number of nitrogens with zero attached hydrogens (tertiary/aromatic N) is 2. The highest BCUT2D eigenvalue weighted by Crippen LogP contribution is 2.31. The van der Waals surface area contributed by atoms with E-state index < -0.39 is 0 Å². The third-order valence-corrected chi connectivity index (χ3v) is 2.67. The smallest absolute Gasteiger partial charge is 0.240 e. The number of benzene rings is 1. The van der Waals surface area contributed by atoms with Crippen molar-refractivity contribution in [2.45, 2.75) is 6.92 Å². The Bertz CT molecular complexity index is 617. The third-order valence-electron chi connectivity index (χ3n) is 2.67. The Morgan fingerprint density at radius 1 is 1.33 bits per heavy atom. The molecule has 0 bridgehead atoms. The maximum Gasteiger partial charge on any atom is 0.240 e. The minimum Gasteiger partial charge on any atom is -0.496 e. The molecule has 0 N–H and O–H groups in total. The third kappa shape index (κ3) is 2.29. The molecule has 0 fully saturated rings. The number of ether oxygens (including phenoxy) is 1. The van der Waals surface area contributed by atoms with Crippen LogP contribution in [0.1, 0.15) is 5.56 Å². The van der Waals surface area contributed by atoms with Crippen LogP contribution < -0.4 is 4.74 Å². The molecule has 1 aromatic heterocycles. The Labute approximate surface area is 105 Å². The number of hydrogen-bond donors (Lipinski definition) is 0. The van der Waals surface area contributed by atoms with Crippen molar-refractivity contribution in [2.75, 3.05) is 7.11 Å². The fourth-order valence-corrected chi connectivity index (χ4v) is 1.81. The molecule has 0 aliphatic heterocycles. The molecule has 1 aromatic carbocycles. The van der Waals surface area contributed by atoms with E-state index in [1.165, 1.54) is 0 Å². The van der Waals surface area contributed by atoms with Crippen molar-refractivity contribution in [1.29, 1.82) is 0 Å². The van der Waals surface area contributed by atoms with Crippen LogP contribution in [0.2, 0.25) is 0 Å². The molecule has 0 aliphatic rings. The molecule has 0 saturated carbocycles. The van der Waals surface area contributed by atoms with Crippen molar-refractivity contribution in [1.82, 2.24) is 4.98 Å². The van der Waals surface area contributed by atoms with Crippen molar-refractivity contribution < 1.29 is 9.53 Å². The summed E-state index contributed by atoms with van der Waals surface area (Å²) in [6.07, 6.45) is 4.75. The van der Waals surface area contributed by atoms with Gasteiger partial charge < -0.3 is 4.74 Å². The summed E-state index contributed by atoms with van der Waals surface area (Å²) in [6.45, 7) is 1.96. The molecule has 18 heavy (non-hydrogen) atoms. The fourth-order valence-electron chi connectivity index (χ4n) is 1.81. The summed E-state index contributed by atoms with van der Waals surface area (Å²) in [7, 11) is 1.64. The van der Waals surface area contributed by atoms with Crippen LogP contribution in [0.3, 0.4) is 0 Å². The fraction of sp³-hybridized carbons (Fsp3) is 0.143. The van der Waals surface area contributed by atoms with Gasteiger partial charge in [0.15, 0.2) is 0 Å². The number of rotatable bonds is 3. The van der Waals surface area contributed by atoms with Crippen LogP contribution in [0.5, 0.6) is 5.75 Å². The number of carbonyl (C=O) groups excluding carboxylic acids is 1. The molecule has 0 aliphatic carbocycles. The Morgan fingerprint density at radius 2 is 2.17 bits per heavy atom. The van der Waals surface area contributed by atoms with Gasteiger partial charge in [-0.05, 0) is 36.2 Å². The SMILES string of the molecule is COc1ccc(-c2ccncc2N=C=O)cc1C. The molecule has 0 unspecified atom stereocenters. The van der Waals surface area contributed by atoms with Crippen LogP contribution in [0.15, 0.2) is 41.7 Å². The van der Waals surface area contributed by atoms with Gasteiger partial charge in [-0.3, -0.25) is 4.98 Å². The summed E-state index contributed by atoms with van der Waals surface area (Å²) in [6, 6.07) is 7.61. The van der Waals surface area contributed by atoms with Crippen LogP contribution in [0.4, 0.5) is 5.69 Å². The number of methoxy groups -OCH3 is 1. The first-order valence-corrected chi connectivity index (χ1v) is 5.43. The summed E-state index contributed by atoms with van der Waals surface area (Å²) < 4.78 is 5.22. The zero-order valence-electron chi connectivity index (χ0n) is 10.2. The van der Waals surface area contributed by atoms with Crippen LogP contribution in [0.25, 0.3) is 11.1 Å². The normalized spacial score (nSPS) is 9.67. The van der Waals surface area contributed by atoms with Crippen molar-refractivity contribution in [2.24, 2.45) is 4.99 Å². The van der Waals surface area contributed by atoms with E-state index in [9.17, 15) is 4.79 Å². The van der Waals surface area contributed by atoms with Gasteiger partial charge in [0.2, 0.25) is 6.08 Å². The van der Waals surface area contributed by atoms with Gasteiger partial charge >= 0.3 is 0 Å². The van der Waals surface area contributed by atoms with E-state index in [1.807, 2.05) is 31.2 Å². The average Bonchev–Trinajstić information content (AvgIpc) is 2.40. The van der Waals surface area contributed by atoms with Crippen molar-refractivity contribution in [3.63, 3.8) is 0 Å². The Hall–Kier alpha value is -2.45. The molecule has 2 aromatic rings. The first kappa shape index (κ1) is 12.0. The second-order valence-electron chi connectivity index (χ2n) is 3.78. The van der Waals surface area contributed by atoms with Gasteiger partial charge in [-0.15, -0.1) is 0 Å². The van der Waals surface area contributed by atoms with E-state index >= 15 is 0 Å². The van der Waals surface area contributed by atoms with E-state index in [4.69, 9.17) is 4.74 Å². The summed E-state index contributed by atoms with van der Waals surface area (Å²) >= 11 is 0. The number of aryl methyl sites for hydroxylation is 1. The summed E-state index contributed by atoms with van der Waals surface area (Å²) in [5, 5.41) is 0. The molecular formula is C14H12N2O2. The summed E-state index contributed by atoms with van der Waals surface area (Å²) in [4.78, 5) is 18.0. The van der Waals surface area contributed by atoms with Crippen molar-refractivity contribution in [3.05, 3.63) is 42.2 Å². The van der Waals surface area contributed by atoms with Gasteiger partial charge in [0.1, 0.15) is 11.4 Å². The molecule has 1 heterocycles. The lowest BCUT2D eigenvalue weighted by molar-refractivity contribution is 0.412. The standard InChI is InChI=1S/C14H12N2O2/c1-10-7-11(3-4-14(10)18-2)12-5-6-15-8-13(12)16-9-17/h3-8H,1-2H3. The van der Waals surface area contributed by atoms with Gasteiger partial charge in [-0.1, -0.05) is 6.07 Å². The van der Waals surface area contributed by atoms with Crippen LogP contribution >= 0.6 is 0 Å². The number of pyridine rings is 1. The number of aliphatic imine (C=N–C) groups is 1. The average molecular weight is 240 g/mol. The zero-order chi connectivity index (χ0) is 13.0. The summed E-state index contributed by atoms with van der Waals surface area (Å²) in [5.41, 5.74) is 3.34. The molecule has 0 atom stereocenters. The predicted molar refractivity (Wildman–Crippen MR) is 68.7 cm³/mol. The largest absolute Gasteiger partial charge is 0.496 e. The van der Waals surface area contributed by atoms with Crippen molar-refractivity contribution >= 4 is 11.8 Å². The molecule has 4 heteroatoms. The molecule has 4 nitrogen and oxygen atoms in total. The van der Waals surface area contributed by atoms with E-state index in [-0.39, 0.29) is 0 Å². The quantitative estimate of drug-likeness (QED) is 0.612. The van der Waals surface area contributed by atoms with Gasteiger partial charge in [0.25, 0.3) is 0 Å². The predicted octanol–water partition coefficient (Wildman–Crippen LogP) is 3.03. The number of aromatic nitrogens is 1. The number of hydrogen-bond acceptors (Lipinski definition) is 4. The lowest BCUT2D eigenvalue weighted by Gasteiger charge is -2.08. The Balaban J connectivity index is 2.55. The molecule has 0 amide bonds. The second-order valence-corrected chi connectivity index (χ2v) is 3.78. The molecular weight excluding hydrogens is 228 g/mol. The van der Waals surface area contributed by atoms with Crippen molar-refractivity contribution in [3.8, 4) is 16.9 Å². The lowest BCUT2D eigenvalue weighted by atomic mass is 10.0. The van der Waals surface area contributed by atoms with E-state index in [0.29, 0.717) is 5.69 Å². The van der Waals surface area contributed by atoms with Gasteiger partial charge in [0.05, 0.1) is 13.3 Å². The van der Waals surface area contributed by atoms with E-state index in [2.05, 4.69) is 9.98 Å². The molecule has 2 rings (SSSR count). The van der Waals surface area contributed by atoms with Gasteiger partial charge in [-0.25, -0.2) is 4.79 Å². The van der Waals surface area contributed by atoms with Crippen LogP contribution in [-0.4, -0.2) is 18.2 Å². The first-order chi connectivity index (χ1) is 8.76. The molecule has 0 saturated heterocycles. The van der Waals surface area contributed by atoms with E-state index in [1.54, 1.807) is 25.6 Å². The maximum absolute atomic E-state index is 10.4. The molecule has 90 valence electrons. The van der Waals surface area contributed by atoms with Gasteiger partial charge in [-0.2, -0.15) is 4.99 Å². The zero-order valence-corrected chi connectivity index (χ0v) is 10.2. The van der Waals surface area contributed by atoms with E-state index in [0.717, 1.165) is 22.4 Å². The molecule has 0 spiro atoms. The summed E-state index contributed by atoms with van der Waals surface area (Å²) in [5.74, 6) is 0.827. The highest BCUT2D eigenvalue weighted by Gasteiger charge is 2.06. The second kappa shape index (κ2) is 5.25. The Morgan fingerprint density at radius 3 is 2.83 bits per heavy atom. The minimum atomic E-state index is 0.511. The van der Waals surface area contributed by atoms with Gasteiger partial charge in [0, 0.05) is 11.8 Å². The van der Waals surface area contributed by atoms with Crippen LogP contribution in [0, 0.1) is 6.92 Å². The monoisotopic (exact) mass is 240 g/mol. The highest BCUT2D eigenvalue weighted by molar-refractivity contribution is 5.77. The maximum atomic E-state index is 10.4. The highest BCUT2D eigenvalue weighted by atomic mass is 16.5. The topological polar surface area (TPSA) is 51.6 Å². The number of isocyanates is 1. The minimum absolute atomic E-state index is 0.511. The first-order valence-electron chi connectivity index (χ1n) is 5.43. The lowest BCUT2D eigenvalue weighted by Crippen LogP contribution is -1.88. The Kier molecular flexibility index (Phi) is 3.51. The molecule has 0 radical (unpaired) electrons.